The second-order valence-corrected chi connectivity index (χ2v) is 4.93. The summed E-state index contributed by atoms with van der Waals surface area (Å²) >= 11 is 3.28. The van der Waals surface area contributed by atoms with E-state index in [0.29, 0.717) is 5.56 Å². The van der Waals surface area contributed by atoms with Gasteiger partial charge in [0.25, 0.3) is 0 Å². The molecule has 2 aromatic carbocycles. The molecule has 100 valence electrons. The molecule has 1 atom stereocenters. The van der Waals surface area contributed by atoms with E-state index in [0.717, 1.165) is 10.5 Å². The van der Waals surface area contributed by atoms with Crippen molar-refractivity contribution in [3.05, 3.63) is 58.1 Å². The molecule has 19 heavy (non-hydrogen) atoms. The van der Waals surface area contributed by atoms with Crippen LogP contribution in [-0.4, -0.2) is 5.11 Å². The summed E-state index contributed by atoms with van der Waals surface area (Å²) in [5.74, 6) is -1.97. The van der Waals surface area contributed by atoms with Crippen LogP contribution in [0.2, 0.25) is 0 Å². The third-order valence-electron chi connectivity index (χ3n) is 2.56. The molecule has 2 aromatic rings. The van der Waals surface area contributed by atoms with Crippen LogP contribution in [-0.2, 0) is 0 Å². The first-order valence-electron chi connectivity index (χ1n) is 5.58. The van der Waals surface area contributed by atoms with Gasteiger partial charge in [0.15, 0.2) is 11.6 Å². The number of hydrogen-bond donors (Lipinski definition) is 1. The summed E-state index contributed by atoms with van der Waals surface area (Å²) in [4.78, 5) is 0. The van der Waals surface area contributed by atoms with Crippen LogP contribution in [0, 0.1) is 11.6 Å². The third kappa shape index (κ3) is 3.11. The van der Waals surface area contributed by atoms with Crippen LogP contribution < -0.4 is 4.74 Å². The lowest BCUT2D eigenvalue weighted by Crippen LogP contribution is -1.98. The lowest BCUT2D eigenvalue weighted by Gasteiger charge is -2.14. The first-order chi connectivity index (χ1) is 8.99. The molecule has 0 bridgehead atoms. The molecule has 5 heteroatoms. The smallest absolute Gasteiger partial charge is 0.201 e. The molecule has 0 spiro atoms. The van der Waals surface area contributed by atoms with Crippen molar-refractivity contribution in [3.63, 3.8) is 0 Å². The molecule has 0 aromatic heterocycles. The first-order valence-corrected chi connectivity index (χ1v) is 6.37. The van der Waals surface area contributed by atoms with Crippen LogP contribution in [0.15, 0.2) is 40.9 Å². The summed E-state index contributed by atoms with van der Waals surface area (Å²) in [6.45, 7) is 1.57. The normalized spacial score (nSPS) is 12.3. The Hall–Kier alpha value is -1.46. The minimum atomic E-state index is -1.05. The van der Waals surface area contributed by atoms with E-state index in [2.05, 4.69) is 15.9 Å². The fourth-order valence-electron chi connectivity index (χ4n) is 1.62. The number of halogens is 3. The molecule has 2 nitrogen and oxygen atoms in total. The van der Waals surface area contributed by atoms with Crippen LogP contribution in [0.1, 0.15) is 18.6 Å². The molecule has 0 fully saturated rings. The molecule has 1 unspecified atom stereocenters. The second-order valence-electron chi connectivity index (χ2n) is 4.01. The lowest BCUT2D eigenvalue weighted by molar-refractivity contribution is 0.195. The van der Waals surface area contributed by atoms with Crippen LogP contribution in [0.5, 0.6) is 11.5 Å². The maximum Gasteiger partial charge on any atom is 0.201 e. The molecule has 0 radical (unpaired) electrons. The van der Waals surface area contributed by atoms with Crippen molar-refractivity contribution >= 4 is 15.9 Å². The molecule has 0 saturated carbocycles. The molecule has 2 rings (SSSR count). The number of benzene rings is 2. The van der Waals surface area contributed by atoms with E-state index in [9.17, 15) is 13.9 Å². The Morgan fingerprint density at radius 1 is 1.16 bits per heavy atom. The largest absolute Gasteiger partial charge is 0.454 e. The van der Waals surface area contributed by atoms with Crippen LogP contribution >= 0.6 is 15.9 Å². The molecule has 0 heterocycles. The van der Waals surface area contributed by atoms with Gasteiger partial charge in [0.05, 0.1) is 6.10 Å². The van der Waals surface area contributed by atoms with E-state index in [1.54, 1.807) is 25.1 Å². The maximum absolute atomic E-state index is 13.5. The minimum absolute atomic E-state index is 0.218. The summed E-state index contributed by atoms with van der Waals surface area (Å²) < 4.78 is 32.7. The predicted molar refractivity (Wildman–Crippen MR) is 71.2 cm³/mol. The van der Waals surface area contributed by atoms with Gasteiger partial charge in [0.1, 0.15) is 5.75 Å². The molecule has 0 saturated heterocycles. The van der Waals surface area contributed by atoms with E-state index in [-0.39, 0.29) is 11.5 Å². The number of rotatable bonds is 3. The number of ether oxygens (including phenoxy) is 1. The molecule has 1 N–H and O–H groups in total. The summed E-state index contributed by atoms with van der Waals surface area (Å²) in [7, 11) is 0. The highest BCUT2D eigenvalue weighted by Gasteiger charge is 2.14. The zero-order valence-electron chi connectivity index (χ0n) is 10.0. The highest BCUT2D eigenvalue weighted by Crippen LogP contribution is 2.33. The van der Waals surface area contributed by atoms with Gasteiger partial charge in [-0.25, -0.2) is 4.39 Å². The van der Waals surface area contributed by atoms with E-state index in [1.165, 1.54) is 12.1 Å². The van der Waals surface area contributed by atoms with Gasteiger partial charge in [0.2, 0.25) is 5.82 Å². The first kappa shape index (κ1) is 14.0. The standard InChI is InChI=1S/C14H11BrF2O2/c1-8(18)10-7-9(15)5-6-12(10)19-13-4-2-3-11(16)14(13)17/h2-8,18H,1H3. The molecule has 0 amide bonds. The number of aliphatic hydroxyl groups is 1. The SMILES string of the molecule is CC(O)c1cc(Br)ccc1Oc1cccc(F)c1F. The monoisotopic (exact) mass is 328 g/mol. The van der Waals surface area contributed by atoms with Crippen molar-refractivity contribution < 1.29 is 18.6 Å². The molecular formula is C14H11BrF2O2. The highest BCUT2D eigenvalue weighted by molar-refractivity contribution is 9.10. The molecule has 0 aliphatic rings. The van der Waals surface area contributed by atoms with E-state index in [4.69, 9.17) is 4.74 Å². The van der Waals surface area contributed by atoms with E-state index >= 15 is 0 Å². The van der Waals surface area contributed by atoms with Crippen molar-refractivity contribution in [1.29, 1.82) is 0 Å². The zero-order valence-corrected chi connectivity index (χ0v) is 11.6. The highest BCUT2D eigenvalue weighted by atomic mass is 79.9. The van der Waals surface area contributed by atoms with Crippen molar-refractivity contribution in [2.45, 2.75) is 13.0 Å². The van der Waals surface area contributed by atoms with Gasteiger partial charge >= 0.3 is 0 Å². The van der Waals surface area contributed by atoms with Gasteiger partial charge in [-0.3, -0.25) is 0 Å². The van der Waals surface area contributed by atoms with Crippen molar-refractivity contribution in [2.75, 3.05) is 0 Å². The molecular weight excluding hydrogens is 318 g/mol. The van der Waals surface area contributed by atoms with Crippen molar-refractivity contribution in [1.82, 2.24) is 0 Å². The summed E-state index contributed by atoms with van der Waals surface area (Å²) in [5, 5.41) is 9.66. The second kappa shape index (κ2) is 5.67. The van der Waals surface area contributed by atoms with Gasteiger partial charge in [0, 0.05) is 10.0 Å². The number of hydrogen-bond acceptors (Lipinski definition) is 2. The van der Waals surface area contributed by atoms with Gasteiger partial charge in [-0.2, -0.15) is 4.39 Å². The van der Waals surface area contributed by atoms with Gasteiger partial charge < -0.3 is 9.84 Å². The van der Waals surface area contributed by atoms with Crippen LogP contribution in [0.4, 0.5) is 8.78 Å². The summed E-state index contributed by atoms with van der Waals surface area (Å²) in [5.41, 5.74) is 0.484. The summed E-state index contributed by atoms with van der Waals surface area (Å²) in [6, 6.07) is 8.63. The molecule has 0 aliphatic heterocycles. The minimum Gasteiger partial charge on any atom is -0.454 e. The van der Waals surface area contributed by atoms with Crippen LogP contribution in [0.3, 0.4) is 0 Å². The zero-order chi connectivity index (χ0) is 14.0. The fourth-order valence-corrected chi connectivity index (χ4v) is 2.00. The Labute approximate surface area is 117 Å². The topological polar surface area (TPSA) is 29.5 Å². The average molecular weight is 329 g/mol. The Bertz CT molecular complexity index is 600. The van der Waals surface area contributed by atoms with Gasteiger partial charge in [-0.15, -0.1) is 0 Å². The fraction of sp³-hybridized carbons (Fsp3) is 0.143. The average Bonchev–Trinajstić information content (AvgIpc) is 2.36. The molecule has 0 aliphatic carbocycles. The Morgan fingerprint density at radius 2 is 1.89 bits per heavy atom. The van der Waals surface area contributed by atoms with Crippen LogP contribution in [0.25, 0.3) is 0 Å². The predicted octanol–water partition coefficient (Wildman–Crippen LogP) is 4.57. The number of aliphatic hydroxyl groups excluding tert-OH is 1. The van der Waals surface area contributed by atoms with Crippen molar-refractivity contribution in [2.24, 2.45) is 0 Å². The Morgan fingerprint density at radius 3 is 2.58 bits per heavy atom. The Kier molecular flexibility index (Phi) is 4.17. The summed E-state index contributed by atoms with van der Waals surface area (Å²) in [6.07, 6.45) is -0.788. The maximum atomic E-state index is 13.5. The van der Waals surface area contributed by atoms with Gasteiger partial charge in [-0.1, -0.05) is 22.0 Å². The third-order valence-corrected chi connectivity index (χ3v) is 3.05. The Balaban J connectivity index is 2.41. The van der Waals surface area contributed by atoms with E-state index in [1.807, 2.05) is 0 Å². The quantitative estimate of drug-likeness (QED) is 0.894. The van der Waals surface area contributed by atoms with E-state index < -0.39 is 17.7 Å². The lowest BCUT2D eigenvalue weighted by atomic mass is 10.1. The van der Waals surface area contributed by atoms with Gasteiger partial charge in [-0.05, 0) is 37.3 Å². The van der Waals surface area contributed by atoms with Crippen molar-refractivity contribution in [3.8, 4) is 11.5 Å².